The first-order chi connectivity index (χ1) is 8.80. The van der Waals surface area contributed by atoms with Crippen LogP contribution in [0.5, 0.6) is 11.5 Å². The number of ether oxygens (including phenoxy) is 2. The van der Waals surface area contributed by atoms with E-state index < -0.39 is 12.0 Å². The van der Waals surface area contributed by atoms with Gasteiger partial charge in [-0.1, -0.05) is 25.4 Å². The van der Waals surface area contributed by atoms with Crippen molar-refractivity contribution in [3.8, 4) is 11.5 Å². The first-order valence-corrected chi connectivity index (χ1v) is 6.25. The van der Waals surface area contributed by atoms with E-state index in [1.165, 1.54) is 6.07 Å². The topological polar surface area (TPSA) is 81.8 Å². The summed E-state index contributed by atoms with van der Waals surface area (Å²) in [6.45, 7) is 5.01. The highest BCUT2D eigenvalue weighted by atomic mass is 35.5. The molecule has 5 nitrogen and oxygen atoms in total. The van der Waals surface area contributed by atoms with Gasteiger partial charge in [0.1, 0.15) is 6.04 Å². The second-order valence-electron chi connectivity index (χ2n) is 5.38. The molecule has 6 heteroatoms. The summed E-state index contributed by atoms with van der Waals surface area (Å²) in [4.78, 5) is 10.9. The van der Waals surface area contributed by atoms with Crippen LogP contribution in [-0.2, 0) is 4.79 Å². The van der Waals surface area contributed by atoms with Crippen LogP contribution in [0.3, 0.4) is 0 Å². The minimum absolute atomic E-state index is 0.124. The Bertz CT molecular complexity index is 516. The molecule has 1 heterocycles. The lowest BCUT2D eigenvalue weighted by Crippen LogP contribution is -2.26. The Morgan fingerprint density at radius 2 is 1.89 bits per heavy atom. The summed E-state index contributed by atoms with van der Waals surface area (Å²) in [5.41, 5.74) is 5.78. The molecule has 1 aliphatic rings. The molecule has 1 unspecified atom stereocenters. The van der Waals surface area contributed by atoms with Crippen LogP contribution in [0, 0.1) is 5.41 Å². The van der Waals surface area contributed by atoms with Crippen LogP contribution >= 0.6 is 11.6 Å². The monoisotopic (exact) mass is 285 g/mol. The predicted molar refractivity (Wildman–Crippen MR) is 70.8 cm³/mol. The summed E-state index contributed by atoms with van der Waals surface area (Å²) in [6.07, 6.45) is 0. The van der Waals surface area contributed by atoms with Gasteiger partial charge >= 0.3 is 5.97 Å². The van der Waals surface area contributed by atoms with Crippen LogP contribution in [0.4, 0.5) is 0 Å². The molecule has 0 amide bonds. The van der Waals surface area contributed by atoms with E-state index in [0.29, 0.717) is 30.3 Å². The molecule has 0 bridgehead atoms. The first kappa shape index (κ1) is 14.0. The first-order valence-electron chi connectivity index (χ1n) is 5.87. The van der Waals surface area contributed by atoms with E-state index in [-0.39, 0.29) is 10.4 Å². The second-order valence-corrected chi connectivity index (χ2v) is 5.79. The molecule has 0 spiro atoms. The quantitative estimate of drug-likeness (QED) is 0.871. The third-order valence-corrected chi connectivity index (χ3v) is 3.23. The lowest BCUT2D eigenvalue weighted by molar-refractivity contribution is -0.138. The van der Waals surface area contributed by atoms with Crippen molar-refractivity contribution in [2.24, 2.45) is 11.1 Å². The third kappa shape index (κ3) is 2.93. The minimum Gasteiger partial charge on any atom is -0.489 e. The largest absolute Gasteiger partial charge is 0.489 e. The zero-order chi connectivity index (χ0) is 14.2. The SMILES string of the molecule is CC1(C)COc2cc(Cl)c(C(N)C(=O)O)cc2OC1. The molecule has 1 atom stereocenters. The Balaban J connectivity index is 2.39. The highest BCUT2D eigenvalue weighted by Crippen LogP contribution is 2.39. The number of halogens is 1. The number of benzene rings is 1. The molecular formula is C13H16ClNO4. The second kappa shape index (κ2) is 4.90. The number of carboxylic acids is 1. The Morgan fingerprint density at radius 1 is 1.37 bits per heavy atom. The van der Waals surface area contributed by atoms with Crippen molar-refractivity contribution in [2.45, 2.75) is 19.9 Å². The number of carbonyl (C=O) groups is 1. The van der Waals surface area contributed by atoms with Crippen molar-refractivity contribution < 1.29 is 19.4 Å². The number of hydrogen-bond donors (Lipinski definition) is 2. The molecule has 0 fully saturated rings. The highest BCUT2D eigenvalue weighted by molar-refractivity contribution is 6.31. The molecule has 0 aliphatic carbocycles. The summed E-state index contributed by atoms with van der Waals surface area (Å²) in [5.74, 6) is -0.157. The number of carboxylic acid groups (broad SMARTS) is 1. The zero-order valence-electron chi connectivity index (χ0n) is 10.8. The fourth-order valence-electron chi connectivity index (χ4n) is 1.74. The zero-order valence-corrected chi connectivity index (χ0v) is 11.5. The highest BCUT2D eigenvalue weighted by Gasteiger charge is 2.27. The lowest BCUT2D eigenvalue weighted by atomic mass is 9.97. The Hall–Kier alpha value is -1.46. The smallest absolute Gasteiger partial charge is 0.325 e. The molecule has 3 N–H and O–H groups in total. The third-order valence-electron chi connectivity index (χ3n) is 2.90. The molecular weight excluding hydrogens is 270 g/mol. The molecule has 2 rings (SSSR count). The van der Waals surface area contributed by atoms with Crippen LogP contribution in [-0.4, -0.2) is 24.3 Å². The summed E-state index contributed by atoms with van der Waals surface area (Å²) >= 11 is 6.05. The van der Waals surface area contributed by atoms with Crippen LogP contribution in [0.25, 0.3) is 0 Å². The van der Waals surface area contributed by atoms with E-state index in [0.717, 1.165) is 0 Å². The van der Waals surface area contributed by atoms with Crippen molar-refractivity contribution in [3.63, 3.8) is 0 Å². The molecule has 1 aromatic carbocycles. The fraction of sp³-hybridized carbons (Fsp3) is 0.462. The average Bonchev–Trinajstić information content (AvgIpc) is 2.47. The van der Waals surface area contributed by atoms with Crippen molar-refractivity contribution in [1.29, 1.82) is 0 Å². The van der Waals surface area contributed by atoms with Gasteiger partial charge in [0, 0.05) is 22.1 Å². The fourth-order valence-corrected chi connectivity index (χ4v) is 2.01. The van der Waals surface area contributed by atoms with Crippen molar-refractivity contribution >= 4 is 17.6 Å². The Labute approximate surface area is 116 Å². The van der Waals surface area contributed by atoms with Gasteiger partial charge < -0.3 is 20.3 Å². The molecule has 0 saturated heterocycles. The molecule has 1 aliphatic heterocycles. The average molecular weight is 286 g/mol. The van der Waals surface area contributed by atoms with E-state index in [2.05, 4.69) is 0 Å². The summed E-state index contributed by atoms with van der Waals surface area (Å²) in [6, 6.07) is 1.91. The number of fused-ring (bicyclic) bond motifs is 1. The summed E-state index contributed by atoms with van der Waals surface area (Å²) < 4.78 is 11.3. The number of aliphatic carboxylic acids is 1. The Kier molecular flexibility index (Phi) is 3.60. The van der Waals surface area contributed by atoms with Crippen molar-refractivity contribution in [3.05, 3.63) is 22.7 Å². The van der Waals surface area contributed by atoms with E-state index in [1.54, 1.807) is 6.07 Å². The molecule has 19 heavy (non-hydrogen) atoms. The number of rotatable bonds is 2. The number of nitrogens with two attached hydrogens (primary N) is 1. The maximum absolute atomic E-state index is 10.9. The molecule has 0 saturated carbocycles. The molecule has 104 valence electrons. The molecule has 0 radical (unpaired) electrons. The van der Waals surface area contributed by atoms with Gasteiger partial charge in [0.15, 0.2) is 11.5 Å². The van der Waals surface area contributed by atoms with Crippen LogP contribution in [0.2, 0.25) is 5.02 Å². The van der Waals surface area contributed by atoms with Gasteiger partial charge in [0.05, 0.1) is 13.2 Å². The van der Waals surface area contributed by atoms with Crippen LogP contribution in [0.15, 0.2) is 12.1 Å². The summed E-state index contributed by atoms with van der Waals surface area (Å²) in [7, 11) is 0. The standard InChI is InChI=1S/C13H16ClNO4/c1-13(2)5-18-9-3-7(11(15)12(16)17)8(14)4-10(9)19-6-13/h3-4,11H,5-6,15H2,1-2H3,(H,16,17). The molecule has 1 aromatic rings. The van der Waals surface area contributed by atoms with Crippen molar-refractivity contribution in [2.75, 3.05) is 13.2 Å². The lowest BCUT2D eigenvalue weighted by Gasteiger charge is -2.19. The van der Waals surface area contributed by atoms with Gasteiger partial charge in [-0.05, 0) is 6.07 Å². The van der Waals surface area contributed by atoms with E-state index in [9.17, 15) is 4.79 Å². The van der Waals surface area contributed by atoms with E-state index >= 15 is 0 Å². The maximum Gasteiger partial charge on any atom is 0.325 e. The maximum atomic E-state index is 10.9. The minimum atomic E-state index is -1.18. The van der Waals surface area contributed by atoms with E-state index in [4.69, 9.17) is 31.9 Å². The van der Waals surface area contributed by atoms with Gasteiger partial charge in [-0.15, -0.1) is 0 Å². The summed E-state index contributed by atoms with van der Waals surface area (Å²) in [5, 5.41) is 9.21. The van der Waals surface area contributed by atoms with Gasteiger partial charge in [0.25, 0.3) is 0 Å². The number of hydrogen-bond acceptors (Lipinski definition) is 4. The molecule has 0 aromatic heterocycles. The van der Waals surface area contributed by atoms with Gasteiger partial charge in [-0.25, -0.2) is 0 Å². The van der Waals surface area contributed by atoms with Crippen molar-refractivity contribution in [1.82, 2.24) is 0 Å². The normalized spacial score (nSPS) is 18.5. The van der Waals surface area contributed by atoms with E-state index in [1.807, 2.05) is 13.8 Å². The van der Waals surface area contributed by atoms with Gasteiger partial charge in [0.2, 0.25) is 0 Å². The predicted octanol–water partition coefficient (Wildman–Crippen LogP) is 2.22. The van der Waals surface area contributed by atoms with Gasteiger partial charge in [-0.2, -0.15) is 0 Å². The van der Waals surface area contributed by atoms with Crippen LogP contribution < -0.4 is 15.2 Å². The Morgan fingerprint density at radius 3 is 2.42 bits per heavy atom. The van der Waals surface area contributed by atoms with Gasteiger partial charge in [-0.3, -0.25) is 4.79 Å². The van der Waals surface area contributed by atoms with Crippen LogP contribution in [0.1, 0.15) is 25.5 Å².